The van der Waals surface area contributed by atoms with Crippen LogP contribution in [0.3, 0.4) is 0 Å². The smallest absolute Gasteiger partial charge is 0.263 e. The number of amides is 1. The Bertz CT molecular complexity index is 1710. The predicted octanol–water partition coefficient (Wildman–Crippen LogP) is 3.66. The number of nitrogens with one attached hydrogen (secondary N) is 1. The van der Waals surface area contributed by atoms with Gasteiger partial charge in [0.05, 0.1) is 11.2 Å². The highest BCUT2D eigenvalue weighted by Gasteiger charge is 2.30. The molecule has 0 spiro atoms. The van der Waals surface area contributed by atoms with Crippen molar-refractivity contribution in [3.63, 3.8) is 0 Å². The molecule has 1 fully saturated rings. The predicted molar refractivity (Wildman–Crippen MR) is 148 cm³/mol. The molecule has 0 saturated carbocycles. The van der Waals surface area contributed by atoms with Crippen LogP contribution in [0.2, 0.25) is 5.02 Å². The van der Waals surface area contributed by atoms with E-state index in [2.05, 4.69) is 19.7 Å². The first-order valence-electron chi connectivity index (χ1n) is 12.1. The van der Waals surface area contributed by atoms with E-state index in [9.17, 15) is 17.6 Å². The number of fused-ring (bicyclic) bond motifs is 1. The van der Waals surface area contributed by atoms with Crippen molar-refractivity contribution >= 4 is 44.7 Å². The largest absolute Gasteiger partial charge is 0.383 e. The number of aromatic nitrogens is 3. The van der Waals surface area contributed by atoms with Gasteiger partial charge in [0.25, 0.3) is 15.9 Å². The van der Waals surface area contributed by atoms with Gasteiger partial charge in [0.15, 0.2) is 5.65 Å². The number of halogens is 2. The van der Waals surface area contributed by atoms with Crippen LogP contribution in [0.25, 0.3) is 16.8 Å². The van der Waals surface area contributed by atoms with Crippen LogP contribution in [0.5, 0.6) is 0 Å². The summed E-state index contributed by atoms with van der Waals surface area (Å²) >= 11 is 5.94. The zero-order valence-electron chi connectivity index (χ0n) is 21.5. The summed E-state index contributed by atoms with van der Waals surface area (Å²) in [6.07, 6.45) is 3.97. The highest BCUT2D eigenvalue weighted by Crippen LogP contribution is 2.32. The molecule has 3 N–H and O–H groups in total. The minimum absolute atomic E-state index is 0.136. The maximum atomic E-state index is 13.4. The third kappa shape index (κ3) is 5.02. The topological polar surface area (TPSA) is 126 Å². The number of hydrogen-bond acceptors (Lipinski definition) is 7. The van der Waals surface area contributed by atoms with E-state index in [1.165, 1.54) is 10.7 Å². The van der Waals surface area contributed by atoms with Gasteiger partial charge in [0.1, 0.15) is 22.1 Å². The molecule has 1 aliphatic rings. The molecule has 5 rings (SSSR count). The molecular weight excluding hydrogens is 545 g/mol. The van der Waals surface area contributed by atoms with E-state index in [4.69, 9.17) is 17.3 Å². The number of carbonyl (C=O) groups is 1. The first kappa shape index (κ1) is 26.9. The van der Waals surface area contributed by atoms with Crippen molar-refractivity contribution in [2.45, 2.75) is 24.3 Å². The lowest BCUT2D eigenvalue weighted by Crippen LogP contribution is -2.34. The van der Waals surface area contributed by atoms with E-state index >= 15 is 0 Å². The van der Waals surface area contributed by atoms with Gasteiger partial charge in [0, 0.05) is 36.6 Å². The first-order valence-corrected chi connectivity index (χ1v) is 14.0. The summed E-state index contributed by atoms with van der Waals surface area (Å²) in [6.45, 7) is 3.10. The molecule has 204 valence electrons. The minimum Gasteiger partial charge on any atom is -0.383 e. The van der Waals surface area contributed by atoms with E-state index in [0.29, 0.717) is 52.9 Å². The van der Waals surface area contributed by atoms with Gasteiger partial charge in [-0.3, -0.25) is 9.52 Å². The van der Waals surface area contributed by atoms with Crippen LogP contribution in [-0.4, -0.2) is 71.9 Å². The molecule has 4 aromatic rings. The van der Waals surface area contributed by atoms with Gasteiger partial charge < -0.3 is 15.5 Å². The van der Waals surface area contributed by atoms with Crippen LogP contribution in [-0.2, 0) is 10.0 Å². The van der Waals surface area contributed by atoms with Gasteiger partial charge in [-0.15, -0.1) is 0 Å². The standard InChI is InChI=1S/C26H27ClFN7O3S/c1-15-10-17(32-39(37,38)23-7-4-16(28)11-22(23)27)5-6-19(15)20-12-30-25-21(13-31-35(25)24(20)29)26(36)34-9-8-18(14-34)33(2)3/h4-7,10-13,18,32H,8-9,14,29H2,1-3H3. The van der Waals surface area contributed by atoms with Crippen LogP contribution >= 0.6 is 11.6 Å². The van der Waals surface area contributed by atoms with Gasteiger partial charge in [-0.2, -0.15) is 9.61 Å². The second-order valence-electron chi connectivity index (χ2n) is 9.72. The molecule has 39 heavy (non-hydrogen) atoms. The van der Waals surface area contributed by atoms with E-state index in [1.807, 2.05) is 14.1 Å². The van der Waals surface area contributed by atoms with Gasteiger partial charge >= 0.3 is 0 Å². The second kappa shape index (κ2) is 10.1. The average Bonchev–Trinajstić information content (AvgIpc) is 3.52. The van der Waals surface area contributed by atoms with Crippen molar-refractivity contribution in [3.8, 4) is 11.1 Å². The molecule has 3 heterocycles. The Balaban J connectivity index is 1.41. The van der Waals surface area contributed by atoms with Gasteiger partial charge in [-0.05, 0) is 68.9 Å². The van der Waals surface area contributed by atoms with E-state index in [0.717, 1.165) is 24.6 Å². The summed E-state index contributed by atoms with van der Waals surface area (Å²) in [4.78, 5) is 21.4. The fraction of sp³-hybridized carbons (Fsp3) is 0.269. The Labute approximate surface area is 230 Å². The zero-order chi connectivity index (χ0) is 28.1. The fourth-order valence-corrected chi connectivity index (χ4v) is 6.34. The molecule has 1 unspecified atom stereocenters. The Morgan fingerprint density at radius 2 is 1.95 bits per heavy atom. The Morgan fingerprint density at radius 3 is 2.62 bits per heavy atom. The van der Waals surface area contributed by atoms with Crippen molar-refractivity contribution in [2.75, 3.05) is 37.6 Å². The van der Waals surface area contributed by atoms with Crippen LogP contribution in [0, 0.1) is 12.7 Å². The number of anilines is 2. The Kier molecular flexibility index (Phi) is 6.95. The van der Waals surface area contributed by atoms with Crippen molar-refractivity contribution in [3.05, 3.63) is 70.8 Å². The summed E-state index contributed by atoms with van der Waals surface area (Å²) in [6, 6.07) is 8.31. The number of sulfonamides is 1. The Morgan fingerprint density at radius 1 is 1.18 bits per heavy atom. The lowest BCUT2D eigenvalue weighted by Gasteiger charge is -2.20. The number of carbonyl (C=O) groups excluding carboxylic acids is 1. The third-order valence-corrected chi connectivity index (χ3v) is 8.79. The quantitative estimate of drug-likeness (QED) is 0.362. The normalized spacial score (nSPS) is 15.8. The molecule has 1 saturated heterocycles. The number of nitrogens with zero attached hydrogens (tertiary/aromatic N) is 5. The fourth-order valence-electron chi connectivity index (χ4n) is 4.76. The number of benzene rings is 2. The number of nitrogens with two attached hydrogens (primary N) is 1. The van der Waals surface area contributed by atoms with Crippen molar-refractivity contribution in [1.29, 1.82) is 0 Å². The number of nitrogen functional groups attached to an aromatic ring is 1. The monoisotopic (exact) mass is 571 g/mol. The summed E-state index contributed by atoms with van der Waals surface area (Å²) in [5.74, 6) is -0.478. The first-order chi connectivity index (χ1) is 18.5. The maximum absolute atomic E-state index is 13.4. The number of likely N-dealkylation sites (N-methyl/N-ethyl adjacent to an activating group) is 1. The second-order valence-corrected chi connectivity index (χ2v) is 11.8. The molecule has 0 radical (unpaired) electrons. The Hall–Kier alpha value is -3.74. The molecule has 13 heteroatoms. The average molecular weight is 572 g/mol. The number of rotatable bonds is 6. The number of hydrogen-bond donors (Lipinski definition) is 2. The number of aryl methyl sites for hydroxylation is 1. The summed E-state index contributed by atoms with van der Waals surface area (Å²) in [7, 11) is -0.0464. The van der Waals surface area contributed by atoms with Gasteiger partial charge in [0.2, 0.25) is 0 Å². The minimum atomic E-state index is -4.05. The van der Waals surface area contributed by atoms with Crippen LogP contribution in [0.15, 0.2) is 53.7 Å². The molecule has 1 aliphatic heterocycles. The van der Waals surface area contributed by atoms with E-state index in [1.54, 1.807) is 36.2 Å². The lowest BCUT2D eigenvalue weighted by atomic mass is 10.0. The zero-order valence-corrected chi connectivity index (χ0v) is 23.1. The van der Waals surface area contributed by atoms with Gasteiger partial charge in [-0.1, -0.05) is 17.7 Å². The lowest BCUT2D eigenvalue weighted by molar-refractivity contribution is 0.0784. The summed E-state index contributed by atoms with van der Waals surface area (Å²) in [5, 5.41) is 4.11. The summed E-state index contributed by atoms with van der Waals surface area (Å²) in [5.41, 5.74) is 9.50. The molecule has 1 atom stereocenters. The van der Waals surface area contributed by atoms with Crippen molar-refractivity contribution < 1.29 is 17.6 Å². The van der Waals surface area contributed by atoms with Gasteiger partial charge in [-0.25, -0.2) is 17.8 Å². The molecule has 2 aromatic carbocycles. The maximum Gasteiger partial charge on any atom is 0.263 e. The highest BCUT2D eigenvalue weighted by molar-refractivity contribution is 7.92. The molecule has 2 aromatic heterocycles. The molecule has 0 aliphatic carbocycles. The molecule has 0 bridgehead atoms. The molecule has 10 nitrogen and oxygen atoms in total. The van der Waals surface area contributed by atoms with Crippen LogP contribution < -0.4 is 10.5 Å². The highest BCUT2D eigenvalue weighted by atomic mass is 35.5. The SMILES string of the molecule is Cc1cc(NS(=O)(=O)c2ccc(F)cc2Cl)ccc1-c1cnc2c(C(=O)N3CCC(N(C)C)C3)cnn2c1N. The third-order valence-electron chi connectivity index (χ3n) is 6.93. The van der Waals surface area contributed by atoms with E-state index in [-0.39, 0.29) is 21.5 Å². The van der Waals surface area contributed by atoms with Crippen LogP contribution in [0.4, 0.5) is 15.9 Å². The molecule has 1 amide bonds. The number of likely N-dealkylation sites (tertiary alicyclic amines) is 1. The van der Waals surface area contributed by atoms with Crippen LogP contribution in [0.1, 0.15) is 22.3 Å². The summed E-state index contributed by atoms with van der Waals surface area (Å²) < 4.78 is 42.9. The molecular formula is C26H27ClFN7O3S. The van der Waals surface area contributed by atoms with Crippen molar-refractivity contribution in [1.82, 2.24) is 24.4 Å². The van der Waals surface area contributed by atoms with E-state index < -0.39 is 15.8 Å². The van der Waals surface area contributed by atoms with Crippen molar-refractivity contribution in [2.24, 2.45) is 0 Å².